The van der Waals surface area contributed by atoms with Gasteiger partial charge in [0.05, 0.1) is 0 Å². The molecule has 0 radical (unpaired) electrons. The summed E-state index contributed by atoms with van der Waals surface area (Å²) >= 11 is 0. The van der Waals surface area contributed by atoms with E-state index in [0.29, 0.717) is 0 Å². The molecule has 0 saturated heterocycles. The Hall–Kier alpha value is -8.52. The van der Waals surface area contributed by atoms with E-state index in [4.69, 9.17) is 0 Å². The van der Waals surface area contributed by atoms with Crippen molar-refractivity contribution in [3.63, 3.8) is 0 Å². The summed E-state index contributed by atoms with van der Waals surface area (Å²) in [6.45, 7) is 0. The lowest BCUT2D eigenvalue weighted by atomic mass is 9.88. The molecule has 0 heterocycles. The van der Waals surface area contributed by atoms with Gasteiger partial charge < -0.3 is 4.90 Å². The van der Waals surface area contributed by atoms with Crippen LogP contribution >= 0.6 is 0 Å². The smallest absolute Gasteiger partial charge is 0.0468 e. The first-order valence-electron chi connectivity index (χ1n) is 22.4. The van der Waals surface area contributed by atoms with Crippen molar-refractivity contribution in [3.05, 3.63) is 261 Å². The normalized spacial score (nSPS) is 11.4. The van der Waals surface area contributed by atoms with Crippen LogP contribution in [0.4, 0.5) is 17.1 Å². The van der Waals surface area contributed by atoms with Gasteiger partial charge in [-0.2, -0.15) is 0 Å². The molecule has 1 heteroatoms. The third-order valence-corrected chi connectivity index (χ3v) is 13.1. The summed E-state index contributed by atoms with van der Waals surface area (Å²) in [4.78, 5) is 2.40. The van der Waals surface area contributed by atoms with Crippen LogP contribution in [0.1, 0.15) is 0 Å². The van der Waals surface area contributed by atoms with E-state index in [1.165, 1.54) is 98.7 Å². The number of anilines is 3. The summed E-state index contributed by atoms with van der Waals surface area (Å²) in [6.07, 6.45) is 0. The van der Waals surface area contributed by atoms with Crippen molar-refractivity contribution in [1.29, 1.82) is 0 Å². The van der Waals surface area contributed by atoms with E-state index in [1.54, 1.807) is 0 Å². The van der Waals surface area contributed by atoms with E-state index in [2.05, 4.69) is 266 Å². The monoisotopic (exact) mass is 825 g/mol. The number of hydrogen-bond acceptors (Lipinski definition) is 1. The van der Waals surface area contributed by atoms with E-state index < -0.39 is 0 Å². The second-order valence-electron chi connectivity index (χ2n) is 16.9. The minimum atomic E-state index is 1.08. The lowest BCUT2D eigenvalue weighted by Crippen LogP contribution is -2.10. The maximum Gasteiger partial charge on any atom is 0.0468 e. The van der Waals surface area contributed by atoms with Gasteiger partial charge in [0.25, 0.3) is 0 Å². The summed E-state index contributed by atoms with van der Waals surface area (Å²) in [5.41, 5.74) is 15.2. The Morgan fingerprint density at radius 1 is 0.185 bits per heavy atom. The highest BCUT2D eigenvalue weighted by atomic mass is 15.1. The molecule has 0 spiro atoms. The van der Waals surface area contributed by atoms with Gasteiger partial charge in [0.15, 0.2) is 0 Å². The van der Waals surface area contributed by atoms with Gasteiger partial charge >= 0.3 is 0 Å². The Kier molecular flexibility index (Phi) is 9.58. The molecule has 1 nitrogen and oxygen atoms in total. The zero-order valence-electron chi connectivity index (χ0n) is 35.8. The molecule has 12 aromatic rings. The minimum Gasteiger partial charge on any atom is -0.310 e. The van der Waals surface area contributed by atoms with Crippen LogP contribution < -0.4 is 4.90 Å². The molecule has 0 N–H and O–H groups in total. The van der Waals surface area contributed by atoms with Gasteiger partial charge in [-0.3, -0.25) is 0 Å². The number of nitrogens with zero attached hydrogens (tertiary/aromatic N) is 1. The summed E-state index contributed by atoms with van der Waals surface area (Å²) in [7, 11) is 0. The summed E-state index contributed by atoms with van der Waals surface area (Å²) in [5, 5.41) is 10.1. The molecule has 65 heavy (non-hydrogen) atoms. The molecule has 0 aliphatic carbocycles. The first-order chi connectivity index (χ1) is 32.2. The largest absolute Gasteiger partial charge is 0.310 e. The van der Waals surface area contributed by atoms with Crippen LogP contribution in [-0.2, 0) is 0 Å². The van der Waals surface area contributed by atoms with Crippen molar-refractivity contribution in [2.45, 2.75) is 0 Å². The van der Waals surface area contributed by atoms with Crippen LogP contribution in [0.15, 0.2) is 261 Å². The van der Waals surface area contributed by atoms with Crippen LogP contribution in [0.3, 0.4) is 0 Å². The molecule has 0 aliphatic heterocycles. The lowest BCUT2D eigenvalue weighted by molar-refractivity contribution is 1.28. The number of hydrogen-bond donors (Lipinski definition) is 0. The fourth-order valence-corrected chi connectivity index (χ4v) is 9.90. The first-order valence-corrected chi connectivity index (χ1v) is 22.4. The van der Waals surface area contributed by atoms with Crippen molar-refractivity contribution in [2.24, 2.45) is 0 Å². The third kappa shape index (κ3) is 7.01. The fraction of sp³-hybridized carbons (Fsp3) is 0. The maximum absolute atomic E-state index is 2.40. The minimum absolute atomic E-state index is 1.08. The molecule has 304 valence electrons. The maximum atomic E-state index is 2.40. The molecule has 0 unspecified atom stereocenters. The SMILES string of the molecule is c1ccc(-c2cccc(N(c3ccc(-c4cccc5ccccc45)cc3)c3ccc(-c4ccccc4-c4ccc5c(ccc6c7ccccc7ccc56)c4)c(-c4ccccc4)c3)c2)cc1. The molecule has 0 atom stereocenters. The predicted octanol–water partition coefficient (Wildman–Crippen LogP) is 18.1. The van der Waals surface area contributed by atoms with E-state index in [-0.39, 0.29) is 0 Å². The second-order valence-corrected chi connectivity index (χ2v) is 16.9. The first kappa shape index (κ1) is 38.2. The number of fused-ring (bicyclic) bond motifs is 6. The Labute approximate surface area is 379 Å². The molecular formula is C64H43N. The standard InChI is InChI=1S/C64H43N/c1-3-15-44(16-4-1)49-22-13-23-53(42-49)65(52-34-29-48(30-35-52)56-28-14-21-45-19-7-9-24-55(45)56)54-36-40-63(64(43-54)46-17-5-2-6-18-46)60-27-12-11-26-58(60)50-32-37-59-51(41-50)33-39-61-57-25-10-8-20-47(57)31-38-62(59)61/h1-43H. The molecule has 0 fully saturated rings. The van der Waals surface area contributed by atoms with Crippen LogP contribution in [0.2, 0.25) is 0 Å². The Morgan fingerprint density at radius 3 is 1.46 bits per heavy atom. The molecule has 0 aliphatic rings. The highest BCUT2D eigenvalue weighted by Crippen LogP contribution is 2.45. The third-order valence-electron chi connectivity index (χ3n) is 13.1. The molecular weight excluding hydrogens is 783 g/mol. The Morgan fingerprint density at radius 2 is 0.677 bits per heavy atom. The number of rotatable bonds is 8. The van der Waals surface area contributed by atoms with Gasteiger partial charge in [-0.1, -0.05) is 218 Å². The average Bonchev–Trinajstić information content (AvgIpc) is 3.39. The van der Waals surface area contributed by atoms with Crippen LogP contribution in [0.5, 0.6) is 0 Å². The van der Waals surface area contributed by atoms with Crippen LogP contribution in [0, 0.1) is 0 Å². The molecule has 0 saturated carbocycles. The van der Waals surface area contributed by atoms with E-state index in [9.17, 15) is 0 Å². The summed E-state index contributed by atoms with van der Waals surface area (Å²) < 4.78 is 0. The predicted molar refractivity (Wildman–Crippen MR) is 278 cm³/mol. The van der Waals surface area contributed by atoms with Crippen molar-refractivity contribution in [2.75, 3.05) is 4.90 Å². The van der Waals surface area contributed by atoms with Crippen molar-refractivity contribution >= 4 is 60.2 Å². The lowest BCUT2D eigenvalue weighted by Gasteiger charge is -2.28. The van der Waals surface area contributed by atoms with Gasteiger partial charge in [-0.25, -0.2) is 0 Å². The van der Waals surface area contributed by atoms with Crippen LogP contribution in [0.25, 0.3) is 98.7 Å². The zero-order chi connectivity index (χ0) is 43.1. The van der Waals surface area contributed by atoms with E-state index >= 15 is 0 Å². The van der Waals surface area contributed by atoms with Gasteiger partial charge in [-0.15, -0.1) is 0 Å². The fourth-order valence-electron chi connectivity index (χ4n) is 9.90. The molecule has 12 aromatic carbocycles. The Balaban J connectivity index is 1.00. The average molecular weight is 826 g/mol. The Bertz CT molecular complexity index is 3700. The molecule has 0 aromatic heterocycles. The van der Waals surface area contributed by atoms with Gasteiger partial charge in [0.2, 0.25) is 0 Å². The highest BCUT2D eigenvalue weighted by molar-refractivity contribution is 6.17. The molecule has 12 rings (SSSR count). The summed E-state index contributed by atoms with van der Waals surface area (Å²) in [5.74, 6) is 0. The van der Waals surface area contributed by atoms with Gasteiger partial charge in [0.1, 0.15) is 0 Å². The van der Waals surface area contributed by atoms with Crippen LogP contribution in [-0.4, -0.2) is 0 Å². The zero-order valence-corrected chi connectivity index (χ0v) is 35.8. The second kappa shape index (κ2) is 16.3. The van der Waals surface area contributed by atoms with Crippen molar-refractivity contribution in [3.8, 4) is 55.6 Å². The highest BCUT2D eigenvalue weighted by Gasteiger charge is 2.19. The van der Waals surface area contributed by atoms with Gasteiger partial charge in [-0.05, 0) is 141 Å². The van der Waals surface area contributed by atoms with Gasteiger partial charge in [0, 0.05) is 17.1 Å². The number of benzene rings is 12. The van der Waals surface area contributed by atoms with Crippen molar-refractivity contribution in [1.82, 2.24) is 0 Å². The van der Waals surface area contributed by atoms with Crippen molar-refractivity contribution < 1.29 is 0 Å². The van der Waals surface area contributed by atoms with E-state index in [0.717, 1.165) is 17.1 Å². The quantitative estimate of drug-likeness (QED) is 0.138. The molecule has 0 bridgehead atoms. The van der Waals surface area contributed by atoms with E-state index in [1.807, 2.05) is 0 Å². The topological polar surface area (TPSA) is 3.24 Å². The molecule has 0 amide bonds. The summed E-state index contributed by atoms with van der Waals surface area (Å²) in [6, 6.07) is 95.3.